The monoisotopic (exact) mass is 463 g/mol. The number of hydrogen-bond donors (Lipinski definition) is 3. The molecule has 1 fully saturated rings. The van der Waals surface area contributed by atoms with E-state index in [2.05, 4.69) is 45.3 Å². The molecular formula is C24H29N7OS. The first-order valence-corrected chi connectivity index (χ1v) is 12.2. The molecule has 0 bridgehead atoms. The first-order chi connectivity index (χ1) is 16.0. The van der Waals surface area contributed by atoms with E-state index in [0.717, 1.165) is 53.3 Å². The number of carbonyl (C=O) groups is 1. The van der Waals surface area contributed by atoms with Crippen LogP contribution in [0.25, 0.3) is 17.0 Å². The third-order valence-electron chi connectivity index (χ3n) is 5.71. The highest BCUT2D eigenvalue weighted by Crippen LogP contribution is 2.34. The summed E-state index contributed by atoms with van der Waals surface area (Å²) < 4.78 is 0. The van der Waals surface area contributed by atoms with Crippen LogP contribution in [-0.2, 0) is 4.79 Å². The minimum atomic E-state index is -0.534. The van der Waals surface area contributed by atoms with Crippen molar-refractivity contribution in [2.75, 3.05) is 40.5 Å². The molecule has 4 rings (SSSR count). The van der Waals surface area contributed by atoms with Gasteiger partial charge >= 0.3 is 0 Å². The average molecular weight is 464 g/mol. The van der Waals surface area contributed by atoms with Gasteiger partial charge in [-0.1, -0.05) is 25.1 Å². The molecule has 0 aliphatic carbocycles. The number of amides is 1. The van der Waals surface area contributed by atoms with Gasteiger partial charge in [-0.3, -0.25) is 4.79 Å². The smallest absolute Gasteiger partial charge is 0.241 e. The summed E-state index contributed by atoms with van der Waals surface area (Å²) in [5, 5.41) is 4.65. The largest absolute Gasteiger partial charge is 0.368 e. The third kappa shape index (κ3) is 5.19. The number of nitrogen functional groups attached to an aromatic ring is 1. The summed E-state index contributed by atoms with van der Waals surface area (Å²) >= 11 is 1.97. The van der Waals surface area contributed by atoms with Crippen LogP contribution in [0.3, 0.4) is 0 Å². The number of nitrogens with zero attached hydrogens (tertiary/aromatic N) is 4. The molecule has 1 unspecified atom stereocenters. The molecule has 3 heterocycles. The van der Waals surface area contributed by atoms with Gasteiger partial charge in [0.05, 0.1) is 17.3 Å². The lowest BCUT2D eigenvalue weighted by atomic mass is 10.0. The first kappa shape index (κ1) is 22.8. The van der Waals surface area contributed by atoms with Crippen LogP contribution in [0.2, 0.25) is 0 Å². The molecule has 172 valence electrons. The second kappa shape index (κ2) is 10.1. The lowest BCUT2D eigenvalue weighted by Crippen LogP contribution is -2.34. The number of fused-ring (bicyclic) bond motifs is 1. The van der Waals surface area contributed by atoms with Gasteiger partial charge in [-0.2, -0.15) is 16.7 Å². The Labute approximate surface area is 197 Å². The normalized spacial score (nSPS) is 15.2. The van der Waals surface area contributed by atoms with E-state index in [-0.39, 0.29) is 12.0 Å². The van der Waals surface area contributed by atoms with Gasteiger partial charge in [0.25, 0.3) is 0 Å². The lowest BCUT2D eigenvalue weighted by molar-refractivity contribution is -0.113. The molecule has 9 heteroatoms. The zero-order valence-electron chi connectivity index (χ0n) is 18.9. The van der Waals surface area contributed by atoms with Crippen molar-refractivity contribution in [3.8, 4) is 0 Å². The number of thioether (sulfide) groups is 1. The molecule has 0 radical (unpaired) electrons. The van der Waals surface area contributed by atoms with Gasteiger partial charge in [0.15, 0.2) is 0 Å². The molecule has 5 N–H and O–H groups in total. The summed E-state index contributed by atoms with van der Waals surface area (Å²) in [6.07, 6.45) is 3.74. The maximum atomic E-state index is 11.3. The van der Waals surface area contributed by atoms with Gasteiger partial charge in [-0.05, 0) is 31.6 Å². The Balaban J connectivity index is 1.79. The highest BCUT2D eigenvalue weighted by Gasteiger charge is 2.23. The fraction of sp³-hybridized carbons (Fsp3) is 0.333. The van der Waals surface area contributed by atoms with E-state index in [1.54, 1.807) is 6.08 Å². The summed E-state index contributed by atoms with van der Waals surface area (Å²) in [4.78, 5) is 27.5. The number of hydrogen-bond acceptors (Lipinski definition) is 8. The molecule has 33 heavy (non-hydrogen) atoms. The Morgan fingerprint density at radius 2 is 2.00 bits per heavy atom. The van der Waals surface area contributed by atoms with Gasteiger partial charge in [-0.25, -0.2) is 9.97 Å². The van der Waals surface area contributed by atoms with E-state index < -0.39 is 5.91 Å². The van der Waals surface area contributed by atoms with Crippen LogP contribution >= 0.6 is 11.8 Å². The number of nitrogens with one attached hydrogen (secondary N) is 1. The van der Waals surface area contributed by atoms with E-state index in [0.29, 0.717) is 17.1 Å². The lowest BCUT2D eigenvalue weighted by Gasteiger charge is -2.32. The van der Waals surface area contributed by atoms with E-state index in [1.807, 2.05) is 30.8 Å². The number of primary amides is 1. The van der Waals surface area contributed by atoms with Crippen molar-refractivity contribution in [2.45, 2.75) is 26.3 Å². The van der Waals surface area contributed by atoms with Gasteiger partial charge < -0.3 is 21.7 Å². The second-order valence-electron chi connectivity index (χ2n) is 7.96. The molecular weight excluding hydrogens is 434 g/mol. The molecule has 1 aliphatic rings. The fourth-order valence-electron chi connectivity index (χ4n) is 4.05. The molecule has 1 aliphatic heterocycles. The van der Waals surface area contributed by atoms with Crippen LogP contribution in [-0.4, -0.2) is 45.5 Å². The molecule has 2 aromatic heterocycles. The van der Waals surface area contributed by atoms with Gasteiger partial charge in [0.1, 0.15) is 11.6 Å². The van der Waals surface area contributed by atoms with Crippen LogP contribution in [0, 0.1) is 6.92 Å². The summed E-state index contributed by atoms with van der Waals surface area (Å²) in [5.41, 5.74) is 14.7. The zero-order valence-corrected chi connectivity index (χ0v) is 19.7. The number of aromatic nitrogens is 3. The Hall–Kier alpha value is -3.33. The number of para-hydroxylation sites is 1. The van der Waals surface area contributed by atoms with E-state index >= 15 is 0 Å². The minimum absolute atomic E-state index is 0.0684. The summed E-state index contributed by atoms with van der Waals surface area (Å²) in [7, 11) is 0. The van der Waals surface area contributed by atoms with E-state index in [4.69, 9.17) is 16.5 Å². The molecule has 0 saturated carbocycles. The van der Waals surface area contributed by atoms with Crippen LogP contribution in [0.15, 0.2) is 36.4 Å². The number of benzene rings is 1. The van der Waals surface area contributed by atoms with Crippen molar-refractivity contribution in [3.05, 3.63) is 53.2 Å². The van der Waals surface area contributed by atoms with E-state index in [1.165, 1.54) is 6.08 Å². The van der Waals surface area contributed by atoms with Crippen LogP contribution in [0.5, 0.6) is 0 Å². The quantitative estimate of drug-likeness (QED) is 0.455. The SMILES string of the molecule is CCC(Nc1nc(N)nc(C)c1/C=C/C(N)=O)c1cc2ccccc2nc1N1CCSCC1. The van der Waals surface area contributed by atoms with Crippen molar-refractivity contribution < 1.29 is 4.79 Å². The Kier molecular flexibility index (Phi) is 6.98. The minimum Gasteiger partial charge on any atom is -0.368 e. The predicted molar refractivity (Wildman–Crippen MR) is 137 cm³/mol. The molecule has 1 amide bonds. The Morgan fingerprint density at radius 3 is 2.73 bits per heavy atom. The number of aryl methyl sites for hydroxylation is 1. The number of rotatable bonds is 7. The topological polar surface area (TPSA) is 123 Å². The van der Waals surface area contributed by atoms with Crippen molar-refractivity contribution in [1.29, 1.82) is 0 Å². The zero-order chi connectivity index (χ0) is 23.4. The fourth-order valence-corrected chi connectivity index (χ4v) is 4.95. The number of pyridine rings is 1. The number of anilines is 3. The molecule has 0 spiro atoms. The maximum Gasteiger partial charge on any atom is 0.241 e. The Morgan fingerprint density at radius 1 is 1.24 bits per heavy atom. The summed E-state index contributed by atoms with van der Waals surface area (Å²) in [5.74, 6) is 3.38. The summed E-state index contributed by atoms with van der Waals surface area (Å²) in [6, 6.07) is 10.3. The van der Waals surface area contributed by atoms with Crippen molar-refractivity contribution in [3.63, 3.8) is 0 Å². The van der Waals surface area contributed by atoms with Gasteiger partial charge in [0.2, 0.25) is 11.9 Å². The molecule has 8 nitrogen and oxygen atoms in total. The highest BCUT2D eigenvalue weighted by molar-refractivity contribution is 7.99. The van der Waals surface area contributed by atoms with Crippen LogP contribution in [0.1, 0.15) is 36.2 Å². The number of carbonyl (C=O) groups excluding carboxylic acids is 1. The summed E-state index contributed by atoms with van der Waals surface area (Å²) in [6.45, 7) is 5.88. The van der Waals surface area contributed by atoms with Crippen LogP contribution in [0.4, 0.5) is 17.6 Å². The van der Waals surface area contributed by atoms with E-state index in [9.17, 15) is 4.79 Å². The molecule has 3 aromatic rings. The second-order valence-corrected chi connectivity index (χ2v) is 9.19. The third-order valence-corrected chi connectivity index (χ3v) is 6.65. The molecule has 1 saturated heterocycles. The van der Waals surface area contributed by atoms with Gasteiger partial charge in [-0.15, -0.1) is 0 Å². The van der Waals surface area contributed by atoms with Crippen molar-refractivity contribution in [1.82, 2.24) is 15.0 Å². The van der Waals surface area contributed by atoms with Gasteiger partial charge in [0, 0.05) is 47.2 Å². The molecule has 1 aromatic carbocycles. The Bertz CT molecular complexity index is 1190. The van der Waals surface area contributed by atoms with Crippen molar-refractivity contribution >= 4 is 52.2 Å². The molecule has 1 atom stereocenters. The van der Waals surface area contributed by atoms with Crippen molar-refractivity contribution in [2.24, 2.45) is 5.73 Å². The first-order valence-electron chi connectivity index (χ1n) is 11.1. The average Bonchev–Trinajstić information content (AvgIpc) is 2.81. The van der Waals surface area contributed by atoms with Crippen LogP contribution < -0.4 is 21.7 Å². The number of nitrogens with two attached hydrogens (primary N) is 2. The predicted octanol–water partition coefficient (Wildman–Crippen LogP) is 3.53. The maximum absolute atomic E-state index is 11.3. The standard InChI is InChI=1S/C24H29N7OS/c1-3-19(28-22-17(8-9-21(25)32)15(2)27-24(26)30-22)18-14-16-6-4-5-7-20(16)29-23(18)31-10-12-33-13-11-31/h4-9,14,19H,3,10-13H2,1-2H3,(H2,25,32)(H3,26,27,28,30)/b9-8+. The highest BCUT2D eigenvalue weighted by atomic mass is 32.2.